The minimum atomic E-state index is -0.215. The predicted octanol–water partition coefficient (Wildman–Crippen LogP) is 6.04. The molecule has 0 aromatic heterocycles. The van der Waals surface area contributed by atoms with Crippen LogP contribution in [-0.2, 0) is 19.6 Å². The molecule has 0 radical (unpaired) electrons. The molecule has 0 fully saturated rings. The fraction of sp³-hybridized carbons (Fsp3) is 0.182. The average molecular weight is 404 g/mol. The number of benzene rings is 3. The van der Waals surface area contributed by atoms with Crippen molar-refractivity contribution in [3.05, 3.63) is 99.3 Å². The molecule has 0 spiro atoms. The van der Waals surface area contributed by atoms with Crippen LogP contribution in [0.25, 0.3) is 0 Å². The molecular weight excluding hydrogens is 384 g/mol. The lowest BCUT2D eigenvalue weighted by atomic mass is 10.1. The molecule has 0 atom stereocenters. The van der Waals surface area contributed by atoms with Gasteiger partial charge in [0.05, 0.1) is 0 Å². The van der Waals surface area contributed by atoms with Gasteiger partial charge in [0.2, 0.25) is 0 Å². The van der Waals surface area contributed by atoms with E-state index >= 15 is 0 Å². The number of ether oxygens (including phenoxy) is 1. The molecule has 0 aliphatic carbocycles. The fourth-order valence-electron chi connectivity index (χ4n) is 2.68. The molecule has 0 aliphatic rings. The zero-order valence-electron chi connectivity index (χ0n) is 14.7. The number of rotatable bonds is 8. The highest BCUT2D eigenvalue weighted by molar-refractivity contribution is 6.30. The van der Waals surface area contributed by atoms with Gasteiger partial charge in [0.25, 0.3) is 0 Å². The van der Waals surface area contributed by atoms with Crippen molar-refractivity contribution >= 4 is 23.2 Å². The summed E-state index contributed by atoms with van der Waals surface area (Å²) < 4.78 is 18.9. The third-order valence-electron chi connectivity index (χ3n) is 4.15. The van der Waals surface area contributed by atoms with E-state index in [0.717, 1.165) is 35.4 Å². The van der Waals surface area contributed by atoms with Gasteiger partial charge in [-0.2, -0.15) is 0 Å². The minimum Gasteiger partial charge on any atom is -0.489 e. The molecule has 2 nitrogen and oxygen atoms in total. The highest BCUT2D eigenvalue weighted by atomic mass is 35.5. The molecule has 0 saturated carbocycles. The highest BCUT2D eigenvalue weighted by Crippen LogP contribution is 2.24. The van der Waals surface area contributed by atoms with Crippen LogP contribution in [0.2, 0.25) is 10.0 Å². The summed E-state index contributed by atoms with van der Waals surface area (Å²) in [5.74, 6) is 0.580. The maximum absolute atomic E-state index is 12.9. The van der Waals surface area contributed by atoms with E-state index in [0.29, 0.717) is 23.2 Å². The van der Waals surface area contributed by atoms with E-state index in [9.17, 15) is 4.39 Å². The Balaban J connectivity index is 1.55. The van der Waals surface area contributed by atoms with Crippen molar-refractivity contribution in [1.82, 2.24) is 5.32 Å². The summed E-state index contributed by atoms with van der Waals surface area (Å²) in [6.07, 6.45) is 0.821. The molecule has 140 valence electrons. The van der Waals surface area contributed by atoms with Crippen molar-refractivity contribution in [3.8, 4) is 5.75 Å². The monoisotopic (exact) mass is 403 g/mol. The quantitative estimate of drug-likeness (QED) is 0.462. The standard InChI is InChI=1S/C22H20Cl2FNO/c23-19-5-1-17(2-6-19)15-27-22-10-7-20(24)13-18(22)14-26-12-11-16-3-8-21(25)9-4-16/h1-10,13,26H,11-12,14-15H2. The third kappa shape index (κ3) is 6.24. The van der Waals surface area contributed by atoms with Crippen molar-refractivity contribution in [3.63, 3.8) is 0 Å². The Bertz CT molecular complexity index is 866. The normalized spacial score (nSPS) is 10.8. The Labute approximate surface area is 168 Å². The van der Waals surface area contributed by atoms with Gasteiger partial charge in [-0.1, -0.05) is 47.5 Å². The Morgan fingerprint density at radius 1 is 0.815 bits per heavy atom. The fourth-order valence-corrected chi connectivity index (χ4v) is 3.00. The minimum absolute atomic E-state index is 0.215. The van der Waals surface area contributed by atoms with Gasteiger partial charge in [0.15, 0.2) is 0 Å². The van der Waals surface area contributed by atoms with Crippen molar-refractivity contribution in [2.75, 3.05) is 6.54 Å². The second-order valence-electron chi connectivity index (χ2n) is 6.22. The van der Waals surface area contributed by atoms with Gasteiger partial charge >= 0.3 is 0 Å². The molecule has 0 unspecified atom stereocenters. The Morgan fingerprint density at radius 3 is 2.22 bits per heavy atom. The first-order valence-electron chi connectivity index (χ1n) is 8.71. The highest BCUT2D eigenvalue weighted by Gasteiger charge is 2.06. The SMILES string of the molecule is Fc1ccc(CCNCc2cc(Cl)ccc2OCc2ccc(Cl)cc2)cc1. The summed E-state index contributed by atoms with van der Waals surface area (Å²) in [5, 5.41) is 4.76. The van der Waals surface area contributed by atoms with Crippen molar-refractivity contribution in [1.29, 1.82) is 0 Å². The summed E-state index contributed by atoms with van der Waals surface area (Å²) in [7, 11) is 0. The van der Waals surface area contributed by atoms with Gasteiger partial charge < -0.3 is 10.1 Å². The maximum atomic E-state index is 12.9. The molecule has 0 heterocycles. The molecule has 3 rings (SSSR count). The number of halogens is 3. The largest absolute Gasteiger partial charge is 0.489 e. The lowest BCUT2D eigenvalue weighted by molar-refractivity contribution is 0.302. The van der Waals surface area contributed by atoms with Crippen LogP contribution in [0.5, 0.6) is 5.75 Å². The van der Waals surface area contributed by atoms with Crippen LogP contribution in [0.1, 0.15) is 16.7 Å². The third-order valence-corrected chi connectivity index (χ3v) is 4.64. The van der Waals surface area contributed by atoms with Crippen LogP contribution in [-0.4, -0.2) is 6.54 Å². The number of hydrogen-bond donors (Lipinski definition) is 1. The van der Waals surface area contributed by atoms with Crippen LogP contribution in [0.15, 0.2) is 66.7 Å². The molecule has 0 saturated heterocycles. The van der Waals surface area contributed by atoms with E-state index in [1.165, 1.54) is 12.1 Å². The average Bonchev–Trinajstić information content (AvgIpc) is 2.67. The smallest absolute Gasteiger partial charge is 0.124 e. The lowest BCUT2D eigenvalue weighted by Gasteiger charge is -2.13. The molecule has 0 bridgehead atoms. The van der Waals surface area contributed by atoms with E-state index in [1.807, 2.05) is 42.5 Å². The summed E-state index contributed by atoms with van der Waals surface area (Å²) in [5.41, 5.74) is 3.13. The molecule has 1 N–H and O–H groups in total. The van der Waals surface area contributed by atoms with E-state index in [-0.39, 0.29) is 5.82 Å². The van der Waals surface area contributed by atoms with E-state index < -0.39 is 0 Å². The predicted molar refractivity (Wildman–Crippen MR) is 109 cm³/mol. The Kier molecular flexibility index (Phi) is 7.11. The topological polar surface area (TPSA) is 21.3 Å². The zero-order chi connectivity index (χ0) is 19.1. The van der Waals surface area contributed by atoms with Crippen LogP contribution in [0.4, 0.5) is 4.39 Å². The van der Waals surface area contributed by atoms with Crippen molar-refractivity contribution < 1.29 is 9.13 Å². The second-order valence-corrected chi connectivity index (χ2v) is 7.09. The Hall–Kier alpha value is -2.07. The van der Waals surface area contributed by atoms with Gasteiger partial charge in [-0.25, -0.2) is 4.39 Å². The Morgan fingerprint density at radius 2 is 1.48 bits per heavy atom. The summed E-state index contributed by atoms with van der Waals surface area (Å²) >= 11 is 12.1. The van der Waals surface area contributed by atoms with Gasteiger partial charge in [-0.15, -0.1) is 0 Å². The van der Waals surface area contributed by atoms with Crippen LogP contribution >= 0.6 is 23.2 Å². The van der Waals surface area contributed by atoms with Gasteiger partial charge in [-0.05, 0) is 66.6 Å². The van der Waals surface area contributed by atoms with Crippen LogP contribution < -0.4 is 10.1 Å². The zero-order valence-corrected chi connectivity index (χ0v) is 16.2. The maximum Gasteiger partial charge on any atom is 0.124 e. The van der Waals surface area contributed by atoms with E-state index in [4.69, 9.17) is 27.9 Å². The van der Waals surface area contributed by atoms with Gasteiger partial charge in [-0.3, -0.25) is 0 Å². The second kappa shape index (κ2) is 9.75. The summed E-state index contributed by atoms with van der Waals surface area (Å²) in [6, 6.07) is 19.8. The lowest BCUT2D eigenvalue weighted by Crippen LogP contribution is -2.17. The molecule has 0 amide bonds. The first-order valence-corrected chi connectivity index (χ1v) is 9.46. The first kappa shape index (κ1) is 19.7. The molecule has 27 heavy (non-hydrogen) atoms. The van der Waals surface area contributed by atoms with Crippen LogP contribution in [0, 0.1) is 5.82 Å². The summed E-state index contributed by atoms with van der Waals surface area (Å²) in [4.78, 5) is 0. The number of hydrogen-bond acceptors (Lipinski definition) is 2. The molecule has 0 aliphatic heterocycles. The van der Waals surface area contributed by atoms with Gasteiger partial charge in [0, 0.05) is 22.2 Å². The molecule has 3 aromatic rings. The van der Waals surface area contributed by atoms with E-state index in [1.54, 1.807) is 12.1 Å². The molecular formula is C22H20Cl2FNO. The first-order chi connectivity index (χ1) is 13.1. The van der Waals surface area contributed by atoms with Crippen molar-refractivity contribution in [2.45, 2.75) is 19.6 Å². The van der Waals surface area contributed by atoms with Gasteiger partial charge in [0.1, 0.15) is 18.2 Å². The number of nitrogens with one attached hydrogen (secondary N) is 1. The summed E-state index contributed by atoms with van der Waals surface area (Å²) in [6.45, 7) is 1.87. The van der Waals surface area contributed by atoms with Crippen molar-refractivity contribution in [2.24, 2.45) is 0 Å². The van der Waals surface area contributed by atoms with Crippen LogP contribution in [0.3, 0.4) is 0 Å². The molecule has 5 heteroatoms. The molecule has 3 aromatic carbocycles. The van der Waals surface area contributed by atoms with E-state index in [2.05, 4.69) is 5.32 Å².